The van der Waals surface area contributed by atoms with Crippen LogP contribution in [-0.2, 0) is 9.59 Å². The molecule has 11 heteroatoms. The fraction of sp³-hybridized carbons (Fsp3) is 0.800. The van der Waals surface area contributed by atoms with E-state index < -0.39 is 18.0 Å². The Morgan fingerprint density at radius 2 is 1.96 bits per heavy atom. The summed E-state index contributed by atoms with van der Waals surface area (Å²) in [4.78, 5) is 32.0. The minimum Gasteiger partial charge on any atom is -0.481 e. The van der Waals surface area contributed by atoms with E-state index in [4.69, 9.17) is 21.7 Å². The van der Waals surface area contributed by atoms with Crippen LogP contribution in [0.15, 0.2) is 0 Å². The molecule has 0 aromatic rings. The molecule has 0 aliphatic carbocycles. The first-order chi connectivity index (χ1) is 12.3. The molecule has 2 saturated heterocycles. The number of fused-ring (bicyclic) bond motifs is 1. The van der Waals surface area contributed by atoms with E-state index in [1.54, 1.807) is 0 Å². The first-order valence-corrected chi connectivity index (χ1v) is 10.2. The number of nitrogens with one attached hydrogen (secondary N) is 2. The minimum atomic E-state index is -1.00. The van der Waals surface area contributed by atoms with Crippen molar-refractivity contribution in [1.82, 2.24) is 10.6 Å². The van der Waals surface area contributed by atoms with E-state index in [2.05, 4.69) is 23.3 Å². The number of aliphatic carboxylic acids is 2. The van der Waals surface area contributed by atoms with Crippen LogP contribution in [0.4, 0.5) is 4.79 Å². The van der Waals surface area contributed by atoms with Crippen LogP contribution in [0, 0.1) is 5.92 Å². The number of urea groups is 1. The third-order valence-corrected chi connectivity index (χ3v) is 6.26. The summed E-state index contributed by atoms with van der Waals surface area (Å²) < 4.78 is 0. The van der Waals surface area contributed by atoms with Gasteiger partial charge in [-0.2, -0.15) is 24.4 Å². The first kappa shape index (κ1) is 22.9. The molecule has 26 heavy (non-hydrogen) atoms. The maximum Gasteiger partial charge on any atom is 0.321 e. The Labute approximate surface area is 162 Å². The van der Waals surface area contributed by atoms with E-state index in [1.807, 2.05) is 11.8 Å². The molecule has 2 rings (SSSR count). The van der Waals surface area contributed by atoms with Gasteiger partial charge in [-0.15, -0.1) is 0 Å². The van der Waals surface area contributed by atoms with Crippen LogP contribution in [0.25, 0.3) is 0 Å². The van der Waals surface area contributed by atoms with Crippen LogP contribution in [-0.4, -0.2) is 69.6 Å². The summed E-state index contributed by atoms with van der Waals surface area (Å²) >= 11 is 5.51. The molecule has 2 amide bonds. The summed E-state index contributed by atoms with van der Waals surface area (Å²) in [6.45, 7) is 0.416. The van der Waals surface area contributed by atoms with Gasteiger partial charge in [0, 0.05) is 16.8 Å². The number of hydrogen-bond acceptors (Lipinski definition) is 7. The van der Waals surface area contributed by atoms with Gasteiger partial charge in [-0.3, -0.25) is 9.59 Å². The van der Waals surface area contributed by atoms with E-state index in [0.717, 1.165) is 18.6 Å². The normalized spacial score (nSPS) is 26.0. The van der Waals surface area contributed by atoms with Gasteiger partial charge < -0.3 is 32.3 Å². The van der Waals surface area contributed by atoms with Gasteiger partial charge >= 0.3 is 18.0 Å². The van der Waals surface area contributed by atoms with Crippen LogP contribution < -0.4 is 22.1 Å². The number of carboxylic acid groups (broad SMARTS) is 2. The number of amides is 2. The van der Waals surface area contributed by atoms with E-state index in [-0.39, 0.29) is 29.8 Å². The molecular formula is C15H28N4O5S2. The van der Waals surface area contributed by atoms with Crippen molar-refractivity contribution in [2.75, 3.05) is 18.1 Å². The molecule has 2 heterocycles. The predicted molar refractivity (Wildman–Crippen MR) is 104 cm³/mol. The second kappa shape index (κ2) is 11.5. The first-order valence-electron chi connectivity index (χ1n) is 8.50. The average Bonchev–Trinajstić information content (AvgIpc) is 3.13. The lowest BCUT2D eigenvalue weighted by atomic mass is 9.96. The fourth-order valence-corrected chi connectivity index (χ4v) is 4.58. The van der Waals surface area contributed by atoms with Crippen LogP contribution in [0.1, 0.15) is 25.7 Å². The van der Waals surface area contributed by atoms with Gasteiger partial charge in [0.25, 0.3) is 0 Å². The molecule has 5 atom stereocenters. The van der Waals surface area contributed by atoms with E-state index in [0.29, 0.717) is 24.6 Å². The van der Waals surface area contributed by atoms with Crippen LogP contribution in [0.5, 0.6) is 0 Å². The molecule has 0 radical (unpaired) electrons. The largest absolute Gasteiger partial charge is 0.481 e. The highest BCUT2D eigenvalue weighted by Gasteiger charge is 2.42. The van der Waals surface area contributed by atoms with Gasteiger partial charge in [-0.05, 0) is 25.8 Å². The summed E-state index contributed by atoms with van der Waals surface area (Å²) in [7, 11) is 0. The molecule has 0 spiro atoms. The maximum atomic E-state index is 11.2. The van der Waals surface area contributed by atoms with E-state index in [1.165, 1.54) is 0 Å². The van der Waals surface area contributed by atoms with Crippen molar-refractivity contribution < 1.29 is 24.6 Å². The molecule has 150 valence electrons. The molecule has 0 aromatic carbocycles. The predicted octanol–water partition coefficient (Wildman–Crippen LogP) is -0.300. The summed E-state index contributed by atoms with van der Waals surface area (Å²) in [5.41, 5.74) is 10.4. The highest BCUT2D eigenvalue weighted by Crippen LogP contribution is 2.33. The zero-order chi connectivity index (χ0) is 19.7. The molecule has 2 fully saturated rings. The molecule has 8 N–H and O–H groups in total. The molecule has 0 aromatic heterocycles. The Balaban J connectivity index is 0.000000412. The van der Waals surface area contributed by atoms with Gasteiger partial charge in [-0.1, -0.05) is 6.42 Å². The lowest BCUT2D eigenvalue weighted by Crippen LogP contribution is -2.36. The molecule has 0 saturated carbocycles. The minimum absolute atomic E-state index is 0.0770. The molecule has 2 aliphatic heterocycles. The number of thioether (sulfide) groups is 1. The van der Waals surface area contributed by atoms with Crippen LogP contribution in [0.3, 0.4) is 0 Å². The Morgan fingerprint density at radius 1 is 1.27 bits per heavy atom. The summed E-state index contributed by atoms with van der Waals surface area (Å²) in [6, 6.07) is -0.452. The zero-order valence-corrected chi connectivity index (χ0v) is 16.2. The molecule has 1 unspecified atom stereocenters. The van der Waals surface area contributed by atoms with Gasteiger partial charge in [0.05, 0.1) is 18.0 Å². The van der Waals surface area contributed by atoms with Gasteiger partial charge in [-0.25, -0.2) is 4.79 Å². The second-order valence-electron chi connectivity index (χ2n) is 6.29. The monoisotopic (exact) mass is 408 g/mol. The third kappa shape index (κ3) is 7.22. The lowest BCUT2D eigenvalue weighted by molar-refractivity contribution is -0.142. The number of carbonyl (C=O) groups is 3. The number of thiol groups is 1. The Bertz CT molecular complexity index is 497. The van der Waals surface area contributed by atoms with Crippen molar-refractivity contribution in [3.63, 3.8) is 0 Å². The van der Waals surface area contributed by atoms with Crippen molar-refractivity contribution in [3.05, 3.63) is 0 Å². The topological polar surface area (TPSA) is 168 Å². The quantitative estimate of drug-likeness (QED) is 0.201. The third-order valence-electron chi connectivity index (χ3n) is 4.36. The number of carbonyl (C=O) groups excluding carboxylic acids is 1. The average molecular weight is 409 g/mol. The SMILES string of the molecule is NCCC(CCC[C@@H]1SC[C@@H]2NC(=O)N[C@@H]21)C(=O)O.N[C@@H](CS)C(=O)O. The number of rotatable bonds is 9. The standard InChI is InChI=1S/C12H21N3O3S.C3H7NO2S/c13-5-4-7(11(16)17)2-1-3-9-10-8(6-19-9)14-12(18)15-10;4-2(1-7)3(5)6/h7-10H,1-6,13H2,(H,16,17)(H2,14,15,18);2,7H,1,4H2,(H,5,6)/t7?,8-,9-,10-;2-/m00/s1. The smallest absolute Gasteiger partial charge is 0.321 e. The Kier molecular flexibility index (Phi) is 10.1. The highest BCUT2D eigenvalue weighted by molar-refractivity contribution is 8.00. The summed E-state index contributed by atoms with van der Waals surface area (Å²) in [5.74, 6) is -0.953. The van der Waals surface area contributed by atoms with Crippen molar-refractivity contribution in [2.24, 2.45) is 17.4 Å². The van der Waals surface area contributed by atoms with Crippen molar-refractivity contribution in [2.45, 2.75) is 49.1 Å². The molecule has 0 bridgehead atoms. The molecule has 2 aliphatic rings. The summed E-state index contributed by atoms with van der Waals surface area (Å²) in [5, 5.41) is 23.3. The number of carboxylic acids is 2. The maximum absolute atomic E-state index is 11.2. The lowest BCUT2D eigenvalue weighted by Gasteiger charge is -2.17. The molecule has 9 nitrogen and oxygen atoms in total. The fourth-order valence-electron chi connectivity index (χ4n) is 2.88. The van der Waals surface area contributed by atoms with Gasteiger partial charge in [0.15, 0.2) is 0 Å². The molecular weight excluding hydrogens is 380 g/mol. The van der Waals surface area contributed by atoms with Crippen LogP contribution in [0.2, 0.25) is 0 Å². The van der Waals surface area contributed by atoms with E-state index >= 15 is 0 Å². The van der Waals surface area contributed by atoms with Crippen molar-refractivity contribution in [3.8, 4) is 0 Å². The van der Waals surface area contributed by atoms with Crippen LogP contribution >= 0.6 is 24.4 Å². The summed E-state index contributed by atoms with van der Waals surface area (Å²) in [6.07, 6.45) is 3.02. The Hall–Kier alpha value is -1.17. The zero-order valence-electron chi connectivity index (χ0n) is 14.5. The van der Waals surface area contributed by atoms with Crippen molar-refractivity contribution in [1.29, 1.82) is 0 Å². The van der Waals surface area contributed by atoms with Gasteiger partial charge in [0.2, 0.25) is 0 Å². The number of hydrogen-bond donors (Lipinski definition) is 7. The second-order valence-corrected chi connectivity index (χ2v) is 7.93. The highest BCUT2D eigenvalue weighted by atomic mass is 32.2. The van der Waals surface area contributed by atoms with E-state index in [9.17, 15) is 14.4 Å². The Morgan fingerprint density at radius 3 is 2.46 bits per heavy atom. The van der Waals surface area contributed by atoms with Crippen molar-refractivity contribution >= 4 is 42.4 Å². The van der Waals surface area contributed by atoms with Gasteiger partial charge in [0.1, 0.15) is 6.04 Å². The number of nitrogens with two attached hydrogens (primary N) is 2.